The molecule has 0 aliphatic heterocycles. The number of imidazole rings is 1. The van der Waals surface area contributed by atoms with E-state index in [-0.39, 0.29) is 12.7 Å². The topological polar surface area (TPSA) is 56.5 Å². The highest BCUT2D eigenvalue weighted by atomic mass is 35.5. The fourth-order valence-electron chi connectivity index (χ4n) is 2.16. The molecular weight excluding hydrogens is 304 g/mol. The fourth-order valence-corrected chi connectivity index (χ4v) is 2.29. The Morgan fingerprint density at radius 2 is 2.05 bits per heavy atom. The zero-order valence-corrected chi connectivity index (χ0v) is 13.5. The molecule has 0 spiro atoms. The van der Waals surface area contributed by atoms with Crippen LogP contribution in [-0.4, -0.2) is 34.0 Å². The van der Waals surface area contributed by atoms with Gasteiger partial charge in [-0.05, 0) is 38.1 Å². The second-order valence-corrected chi connectivity index (χ2v) is 5.39. The largest absolute Gasteiger partial charge is 0.491 e. The predicted molar refractivity (Wildman–Crippen MR) is 85.2 cm³/mol. The van der Waals surface area contributed by atoms with Crippen molar-refractivity contribution >= 4 is 11.6 Å². The lowest BCUT2D eigenvalue weighted by Crippen LogP contribution is -2.25. The van der Waals surface area contributed by atoms with Crippen LogP contribution in [0.1, 0.15) is 25.8 Å². The summed E-state index contributed by atoms with van der Waals surface area (Å²) in [6.07, 6.45) is 2.79. The normalized spacial score (nSPS) is 13.8. The molecule has 0 saturated carbocycles. The van der Waals surface area contributed by atoms with Crippen LogP contribution in [0, 0.1) is 0 Å². The molecule has 1 N–H and O–H groups in total. The second-order valence-electron chi connectivity index (χ2n) is 4.95. The predicted octanol–water partition coefficient (Wildman–Crippen LogP) is 3.07. The molecule has 0 aliphatic rings. The van der Waals surface area contributed by atoms with Crippen molar-refractivity contribution < 1.29 is 14.6 Å². The molecule has 0 radical (unpaired) electrons. The van der Waals surface area contributed by atoms with E-state index >= 15 is 0 Å². The van der Waals surface area contributed by atoms with E-state index in [4.69, 9.17) is 21.1 Å². The molecule has 2 unspecified atom stereocenters. The van der Waals surface area contributed by atoms with Gasteiger partial charge in [0.05, 0.1) is 6.54 Å². The molecule has 0 amide bonds. The van der Waals surface area contributed by atoms with Gasteiger partial charge in [-0.25, -0.2) is 4.98 Å². The van der Waals surface area contributed by atoms with Gasteiger partial charge in [0.25, 0.3) is 0 Å². The Hall–Kier alpha value is -1.56. The van der Waals surface area contributed by atoms with Gasteiger partial charge in [0, 0.05) is 24.0 Å². The Balaban J connectivity index is 1.88. The monoisotopic (exact) mass is 324 g/mol. The summed E-state index contributed by atoms with van der Waals surface area (Å²) in [5, 5.41) is 10.8. The van der Waals surface area contributed by atoms with Gasteiger partial charge in [-0.1, -0.05) is 11.6 Å². The number of halogens is 1. The molecule has 0 aliphatic carbocycles. The number of benzene rings is 1. The lowest BCUT2D eigenvalue weighted by Gasteiger charge is -2.17. The Morgan fingerprint density at radius 1 is 1.32 bits per heavy atom. The van der Waals surface area contributed by atoms with Gasteiger partial charge in [0.1, 0.15) is 30.4 Å². The lowest BCUT2D eigenvalue weighted by atomic mass is 10.3. The Morgan fingerprint density at radius 3 is 2.73 bits per heavy atom. The first-order chi connectivity index (χ1) is 10.6. The molecule has 1 heterocycles. The highest BCUT2D eigenvalue weighted by Crippen LogP contribution is 2.17. The first-order valence-corrected chi connectivity index (χ1v) is 7.67. The van der Waals surface area contributed by atoms with Crippen LogP contribution in [0.3, 0.4) is 0 Å². The van der Waals surface area contributed by atoms with Gasteiger partial charge in [0.15, 0.2) is 0 Å². The summed E-state index contributed by atoms with van der Waals surface area (Å²) in [5.41, 5.74) is 0. The highest BCUT2D eigenvalue weighted by Gasteiger charge is 2.15. The third kappa shape index (κ3) is 4.73. The molecule has 2 rings (SSSR count). The number of ether oxygens (including phenoxy) is 2. The van der Waals surface area contributed by atoms with Crippen LogP contribution >= 0.6 is 11.6 Å². The zero-order valence-electron chi connectivity index (χ0n) is 12.8. The minimum atomic E-state index is -0.641. The quantitative estimate of drug-likeness (QED) is 0.810. The van der Waals surface area contributed by atoms with Crippen LogP contribution in [0.5, 0.6) is 5.75 Å². The van der Waals surface area contributed by atoms with E-state index in [0.29, 0.717) is 23.9 Å². The molecule has 2 aromatic rings. The second kappa shape index (κ2) is 8.17. The smallest absolute Gasteiger partial charge is 0.137 e. The number of rotatable bonds is 8. The molecule has 0 saturated heterocycles. The van der Waals surface area contributed by atoms with Crippen molar-refractivity contribution in [2.24, 2.45) is 0 Å². The van der Waals surface area contributed by atoms with Crippen molar-refractivity contribution in [1.82, 2.24) is 9.55 Å². The summed E-state index contributed by atoms with van der Waals surface area (Å²) >= 11 is 5.81. The van der Waals surface area contributed by atoms with Crippen molar-refractivity contribution in [1.29, 1.82) is 0 Å². The summed E-state index contributed by atoms with van der Waals surface area (Å²) in [7, 11) is 0. The van der Waals surface area contributed by atoms with Crippen LogP contribution in [0.25, 0.3) is 0 Å². The SMILES string of the molecule is CCOC(C)c1nccn1CC(O)COc1ccc(Cl)cc1. The van der Waals surface area contributed by atoms with Crippen molar-refractivity contribution in [2.75, 3.05) is 13.2 Å². The van der Waals surface area contributed by atoms with Crippen LogP contribution < -0.4 is 4.74 Å². The van der Waals surface area contributed by atoms with Crippen LogP contribution in [0.15, 0.2) is 36.7 Å². The number of nitrogens with zero attached hydrogens (tertiary/aromatic N) is 2. The first-order valence-electron chi connectivity index (χ1n) is 7.29. The summed E-state index contributed by atoms with van der Waals surface area (Å²) in [5.74, 6) is 1.48. The van der Waals surface area contributed by atoms with Crippen LogP contribution in [-0.2, 0) is 11.3 Å². The average molecular weight is 325 g/mol. The Kier molecular flexibility index (Phi) is 6.24. The number of hydrogen-bond donors (Lipinski definition) is 1. The van der Waals surface area contributed by atoms with Crippen LogP contribution in [0.4, 0.5) is 0 Å². The van der Waals surface area contributed by atoms with E-state index in [1.807, 2.05) is 24.6 Å². The maximum absolute atomic E-state index is 10.1. The van der Waals surface area contributed by atoms with Crippen molar-refractivity contribution in [2.45, 2.75) is 32.6 Å². The minimum Gasteiger partial charge on any atom is -0.491 e. The van der Waals surface area contributed by atoms with Gasteiger partial charge in [0.2, 0.25) is 0 Å². The van der Waals surface area contributed by atoms with Crippen molar-refractivity contribution in [3.8, 4) is 5.75 Å². The number of aliphatic hydroxyl groups is 1. The number of aliphatic hydroxyl groups excluding tert-OH is 1. The molecular formula is C16H21ClN2O3. The van der Waals surface area contributed by atoms with Gasteiger partial charge >= 0.3 is 0 Å². The third-order valence-corrected chi connectivity index (χ3v) is 3.44. The van der Waals surface area contributed by atoms with Crippen LogP contribution in [0.2, 0.25) is 5.02 Å². The average Bonchev–Trinajstić information content (AvgIpc) is 2.95. The van der Waals surface area contributed by atoms with E-state index in [1.165, 1.54) is 0 Å². The maximum atomic E-state index is 10.1. The van der Waals surface area contributed by atoms with E-state index in [9.17, 15) is 5.11 Å². The van der Waals surface area contributed by atoms with E-state index in [1.54, 1.807) is 30.5 Å². The van der Waals surface area contributed by atoms with Gasteiger partial charge in [-0.2, -0.15) is 0 Å². The highest BCUT2D eigenvalue weighted by molar-refractivity contribution is 6.30. The van der Waals surface area contributed by atoms with Gasteiger partial charge in [-0.15, -0.1) is 0 Å². The summed E-state index contributed by atoms with van der Waals surface area (Å²) in [6.45, 7) is 5.11. The third-order valence-electron chi connectivity index (χ3n) is 3.19. The van der Waals surface area contributed by atoms with E-state index in [2.05, 4.69) is 4.98 Å². The molecule has 5 nitrogen and oxygen atoms in total. The van der Waals surface area contributed by atoms with Gasteiger partial charge in [-0.3, -0.25) is 0 Å². The van der Waals surface area contributed by atoms with E-state index < -0.39 is 6.10 Å². The first kappa shape index (κ1) is 16.8. The van der Waals surface area contributed by atoms with E-state index in [0.717, 1.165) is 5.82 Å². The molecule has 120 valence electrons. The molecule has 6 heteroatoms. The molecule has 22 heavy (non-hydrogen) atoms. The zero-order chi connectivity index (χ0) is 15.9. The maximum Gasteiger partial charge on any atom is 0.137 e. The molecule has 1 aromatic carbocycles. The molecule has 0 fully saturated rings. The Labute approximate surface area is 135 Å². The Bertz CT molecular complexity index is 571. The summed E-state index contributed by atoms with van der Waals surface area (Å²) in [6, 6.07) is 7.05. The molecule has 0 bridgehead atoms. The standard InChI is InChI=1S/C16H21ClN2O3/c1-3-21-12(2)16-18-8-9-19(16)10-14(20)11-22-15-6-4-13(17)5-7-15/h4-9,12,14,20H,3,10-11H2,1-2H3. The number of aromatic nitrogens is 2. The molecule has 1 aromatic heterocycles. The van der Waals surface area contributed by atoms with Gasteiger partial charge < -0.3 is 19.1 Å². The van der Waals surface area contributed by atoms with Crippen molar-refractivity contribution in [3.63, 3.8) is 0 Å². The minimum absolute atomic E-state index is 0.107. The van der Waals surface area contributed by atoms with Crippen molar-refractivity contribution in [3.05, 3.63) is 47.5 Å². The fraction of sp³-hybridized carbons (Fsp3) is 0.438. The summed E-state index contributed by atoms with van der Waals surface area (Å²) in [4.78, 5) is 4.29. The molecule has 2 atom stereocenters. The lowest BCUT2D eigenvalue weighted by molar-refractivity contribution is 0.0597. The summed E-state index contributed by atoms with van der Waals surface area (Å²) < 4.78 is 13.0. The number of hydrogen-bond acceptors (Lipinski definition) is 4.